The third-order valence-corrected chi connectivity index (χ3v) is 5.37. The van der Waals surface area contributed by atoms with E-state index in [0.29, 0.717) is 11.1 Å². The zero-order valence-corrected chi connectivity index (χ0v) is 16.0. The van der Waals surface area contributed by atoms with Crippen molar-refractivity contribution in [2.75, 3.05) is 11.9 Å². The molecule has 3 aromatic rings. The number of ketones is 2. The summed E-state index contributed by atoms with van der Waals surface area (Å²) in [7, 11) is 0. The summed E-state index contributed by atoms with van der Waals surface area (Å²) in [5.41, 5.74) is 1.25. The van der Waals surface area contributed by atoms with E-state index in [0.717, 1.165) is 4.88 Å². The lowest BCUT2D eigenvalue weighted by atomic mass is 9.83. The lowest BCUT2D eigenvalue weighted by molar-refractivity contribution is -0.146. The largest absolute Gasteiger partial charge is 0.455 e. The summed E-state index contributed by atoms with van der Waals surface area (Å²) < 4.78 is 5.00. The number of nitrogens with one attached hydrogen (secondary N) is 1. The van der Waals surface area contributed by atoms with Gasteiger partial charge in [0, 0.05) is 21.6 Å². The van der Waals surface area contributed by atoms with Crippen molar-refractivity contribution < 1.29 is 23.9 Å². The van der Waals surface area contributed by atoms with Crippen LogP contribution >= 0.6 is 11.3 Å². The second-order valence-corrected chi connectivity index (χ2v) is 7.43. The van der Waals surface area contributed by atoms with Gasteiger partial charge in [0.1, 0.15) is 0 Å². The molecule has 1 aromatic heterocycles. The van der Waals surface area contributed by atoms with Crippen molar-refractivity contribution in [1.29, 1.82) is 0 Å². The van der Waals surface area contributed by atoms with Crippen LogP contribution in [0.1, 0.15) is 36.7 Å². The lowest BCUT2D eigenvalue weighted by Crippen LogP contribution is -2.26. The van der Waals surface area contributed by atoms with Gasteiger partial charge in [0.05, 0.1) is 17.7 Å². The average Bonchev–Trinajstić information content (AvgIpc) is 3.23. The smallest absolute Gasteiger partial charge is 0.311 e. The topological polar surface area (TPSA) is 89.5 Å². The number of fused-ring (bicyclic) bond motifs is 2. The van der Waals surface area contributed by atoms with E-state index in [1.165, 1.54) is 11.3 Å². The monoisotopic (exact) mass is 405 g/mol. The molecule has 1 amide bonds. The van der Waals surface area contributed by atoms with E-state index in [-0.39, 0.29) is 34.8 Å². The van der Waals surface area contributed by atoms with Crippen LogP contribution in [0.5, 0.6) is 0 Å². The lowest BCUT2D eigenvalue weighted by Gasteiger charge is -2.20. The van der Waals surface area contributed by atoms with Crippen molar-refractivity contribution in [3.05, 3.63) is 87.1 Å². The Morgan fingerprint density at radius 2 is 1.59 bits per heavy atom. The number of hydrogen-bond donors (Lipinski definition) is 1. The molecule has 0 aliphatic heterocycles. The van der Waals surface area contributed by atoms with Crippen LogP contribution in [0.2, 0.25) is 0 Å². The third-order valence-electron chi connectivity index (χ3n) is 4.49. The normalized spacial score (nSPS) is 12.1. The van der Waals surface area contributed by atoms with E-state index >= 15 is 0 Å². The summed E-state index contributed by atoms with van der Waals surface area (Å²) in [6.07, 6.45) is 0.0927. The number of amides is 1. The Balaban J connectivity index is 1.49. The maximum atomic E-state index is 12.9. The van der Waals surface area contributed by atoms with Crippen molar-refractivity contribution in [3.63, 3.8) is 0 Å². The Morgan fingerprint density at radius 3 is 2.31 bits per heavy atom. The summed E-state index contributed by atoms with van der Waals surface area (Å²) in [5.74, 6) is -1.70. The maximum Gasteiger partial charge on any atom is 0.311 e. The summed E-state index contributed by atoms with van der Waals surface area (Å²) >= 11 is 1.43. The summed E-state index contributed by atoms with van der Waals surface area (Å²) in [4.78, 5) is 50.6. The number of carbonyl (C=O) groups excluding carboxylic acids is 4. The van der Waals surface area contributed by atoms with E-state index in [9.17, 15) is 19.2 Å². The molecule has 0 bridgehead atoms. The first kappa shape index (κ1) is 18.8. The van der Waals surface area contributed by atoms with Gasteiger partial charge in [0.2, 0.25) is 0 Å². The molecule has 1 aliphatic rings. The van der Waals surface area contributed by atoms with Crippen LogP contribution in [-0.2, 0) is 20.7 Å². The Labute approximate surface area is 170 Å². The standard InChI is InChI=1S/C22H15NO5S/c24-18(12-28-19(25)11-13-5-4-10-29-13)23-17-9-3-8-16-20(17)22(27)15-7-2-1-6-14(15)21(16)26/h1-10H,11-12H2,(H,23,24). The van der Waals surface area contributed by atoms with Crippen molar-refractivity contribution >= 4 is 40.5 Å². The fourth-order valence-corrected chi connectivity index (χ4v) is 3.88. The molecule has 4 rings (SSSR count). The fourth-order valence-electron chi connectivity index (χ4n) is 3.19. The molecule has 0 saturated heterocycles. The molecule has 1 heterocycles. The number of anilines is 1. The van der Waals surface area contributed by atoms with Gasteiger partial charge in [-0.25, -0.2) is 0 Å². The zero-order chi connectivity index (χ0) is 20.4. The molecule has 1 aliphatic carbocycles. The molecule has 7 heteroatoms. The van der Waals surface area contributed by atoms with Gasteiger partial charge in [-0.2, -0.15) is 0 Å². The highest BCUT2D eigenvalue weighted by Gasteiger charge is 2.31. The average molecular weight is 405 g/mol. The molecule has 144 valence electrons. The Hall–Kier alpha value is -3.58. The van der Waals surface area contributed by atoms with Crippen LogP contribution in [0.3, 0.4) is 0 Å². The minimum absolute atomic E-state index is 0.0927. The molecule has 0 saturated carbocycles. The van der Waals surface area contributed by atoms with Crippen LogP contribution in [0.15, 0.2) is 60.0 Å². The van der Waals surface area contributed by atoms with Gasteiger partial charge in [0.15, 0.2) is 18.2 Å². The van der Waals surface area contributed by atoms with Gasteiger partial charge < -0.3 is 10.1 Å². The molecule has 0 spiro atoms. The molecule has 0 unspecified atom stereocenters. The first-order chi connectivity index (χ1) is 14.0. The van der Waals surface area contributed by atoms with Gasteiger partial charge >= 0.3 is 5.97 Å². The van der Waals surface area contributed by atoms with E-state index in [1.807, 2.05) is 17.5 Å². The number of thiophene rings is 1. The second kappa shape index (κ2) is 7.81. The van der Waals surface area contributed by atoms with E-state index in [2.05, 4.69) is 5.32 Å². The zero-order valence-electron chi connectivity index (χ0n) is 15.1. The molecule has 29 heavy (non-hydrogen) atoms. The Morgan fingerprint density at radius 1 is 0.862 bits per heavy atom. The summed E-state index contributed by atoms with van der Waals surface area (Å²) in [5, 5.41) is 4.43. The van der Waals surface area contributed by atoms with E-state index in [1.54, 1.807) is 42.5 Å². The van der Waals surface area contributed by atoms with Gasteiger partial charge in [0.25, 0.3) is 5.91 Å². The van der Waals surface area contributed by atoms with Crippen molar-refractivity contribution in [2.24, 2.45) is 0 Å². The molecule has 0 radical (unpaired) electrons. The number of ether oxygens (including phenoxy) is 1. The Bertz CT molecular complexity index is 1130. The van der Waals surface area contributed by atoms with Crippen LogP contribution in [0.4, 0.5) is 5.69 Å². The first-order valence-electron chi connectivity index (χ1n) is 8.84. The van der Waals surface area contributed by atoms with Crippen molar-refractivity contribution in [3.8, 4) is 0 Å². The predicted molar refractivity (Wildman–Crippen MR) is 107 cm³/mol. The first-order valence-corrected chi connectivity index (χ1v) is 9.72. The third kappa shape index (κ3) is 3.72. The molecule has 6 nitrogen and oxygen atoms in total. The van der Waals surface area contributed by atoms with Crippen LogP contribution in [0.25, 0.3) is 0 Å². The molecule has 1 N–H and O–H groups in total. The summed E-state index contributed by atoms with van der Waals surface area (Å²) in [6, 6.07) is 14.9. The number of carbonyl (C=O) groups is 4. The van der Waals surface area contributed by atoms with E-state index < -0.39 is 18.5 Å². The predicted octanol–water partition coefficient (Wildman–Crippen LogP) is 3.25. The minimum Gasteiger partial charge on any atom is -0.455 e. The van der Waals surface area contributed by atoms with Gasteiger partial charge in [-0.3, -0.25) is 19.2 Å². The van der Waals surface area contributed by atoms with Crippen molar-refractivity contribution in [1.82, 2.24) is 0 Å². The number of rotatable bonds is 5. The number of hydrogen-bond acceptors (Lipinski definition) is 6. The van der Waals surface area contributed by atoms with Crippen LogP contribution in [0, 0.1) is 0 Å². The quantitative estimate of drug-likeness (QED) is 0.515. The highest BCUT2D eigenvalue weighted by molar-refractivity contribution is 7.10. The molecule has 2 aromatic carbocycles. The van der Waals surface area contributed by atoms with Crippen LogP contribution in [-0.4, -0.2) is 30.0 Å². The molecule has 0 atom stereocenters. The fraction of sp³-hybridized carbons (Fsp3) is 0.0909. The maximum absolute atomic E-state index is 12.9. The number of benzene rings is 2. The van der Waals surface area contributed by atoms with Crippen LogP contribution < -0.4 is 5.32 Å². The highest BCUT2D eigenvalue weighted by Crippen LogP contribution is 2.31. The SMILES string of the molecule is O=C(COC(=O)Cc1cccs1)Nc1cccc2c1C(=O)c1ccccc1C2=O. The van der Waals surface area contributed by atoms with Gasteiger partial charge in [-0.1, -0.05) is 42.5 Å². The summed E-state index contributed by atoms with van der Waals surface area (Å²) in [6.45, 7) is -0.480. The molecular weight excluding hydrogens is 390 g/mol. The second-order valence-electron chi connectivity index (χ2n) is 6.40. The van der Waals surface area contributed by atoms with E-state index in [4.69, 9.17) is 4.74 Å². The van der Waals surface area contributed by atoms with Gasteiger partial charge in [-0.15, -0.1) is 11.3 Å². The minimum atomic E-state index is -0.586. The highest BCUT2D eigenvalue weighted by atomic mass is 32.1. The molecular formula is C22H15NO5S. The number of esters is 1. The van der Waals surface area contributed by atoms with Crippen molar-refractivity contribution in [2.45, 2.75) is 6.42 Å². The Kier molecular flexibility index (Phi) is 5.05. The molecule has 0 fully saturated rings. The van der Waals surface area contributed by atoms with Gasteiger partial charge in [-0.05, 0) is 17.5 Å².